The number of hydrogen-bond acceptors (Lipinski definition) is 4. The molecule has 0 saturated carbocycles. The van der Waals surface area contributed by atoms with Crippen molar-refractivity contribution in [2.45, 2.75) is 44.2 Å². The molecule has 0 bridgehead atoms. The molecule has 3 rings (SSSR count). The summed E-state index contributed by atoms with van der Waals surface area (Å²) in [6, 6.07) is 23.5. The molecule has 1 atom stereocenters. The number of carbonyl (C=O) groups is 2. The monoisotopic (exact) mass is 633 g/mol. The van der Waals surface area contributed by atoms with Gasteiger partial charge >= 0.3 is 0 Å². The normalized spacial score (nSPS) is 12.0. The molecule has 3 aromatic carbocycles. The number of halogens is 1. The summed E-state index contributed by atoms with van der Waals surface area (Å²) in [4.78, 5) is 28.2. The van der Waals surface area contributed by atoms with Crippen LogP contribution in [0.15, 0.2) is 89.8 Å². The molecule has 2 amide bonds. The van der Waals surface area contributed by atoms with Gasteiger partial charge in [-0.25, -0.2) is 8.42 Å². The zero-order valence-corrected chi connectivity index (χ0v) is 24.0. The Morgan fingerprint density at radius 2 is 1.51 bits per heavy atom. The molecule has 0 aromatic heterocycles. The minimum absolute atomic E-state index is 0.0846. The van der Waals surface area contributed by atoms with Crippen LogP contribution in [0, 0.1) is 3.57 Å². The predicted octanol–water partition coefficient (Wildman–Crippen LogP) is 4.82. The first-order valence-corrected chi connectivity index (χ1v) is 14.7. The third-order valence-corrected chi connectivity index (χ3v) is 8.42. The Labute approximate surface area is 233 Å². The number of nitrogens with one attached hydrogen (secondary N) is 1. The van der Waals surface area contributed by atoms with Crippen LogP contribution in [0.1, 0.15) is 32.3 Å². The average Bonchev–Trinajstić information content (AvgIpc) is 2.91. The summed E-state index contributed by atoms with van der Waals surface area (Å²) in [6.07, 6.45) is 1.77. The average molecular weight is 634 g/mol. The highest BCUT2D eigenvalue weighted by Crippen LogP contribution is 2.25. The number of rotatable bonds is 12. The second-order valence-corrected chi connectivity index (χ2v) is 11.7. The minimum Gasteiger partial charge on any atom is -0.354 e. The van der Waals surface area contributed by atoms with Crippen molar-refractivity contribution >= 4 is 50.1 Å². The van der Waals surface area contributed by atoms with Crippen LogP contribution in [0.25, 0.3) is 0 Å². The summed E-state index contributed by atoms with van der Waals surface area (Å²) in [5.41, 5.74) is 1.22. The van der Waals surface area contributed by atoms with Gasteiger partial charge in [0.15, 0.2) is 0 Å². The fraction of sp³-hybridized carbons (Fsp3) is 0.286. The Morgan fingerprint density at radius 3 is 2.11 bits per heavy atom. The summed E-state index contributed by atoms with van der Waals surface area (Å²) in [5.74, 6) is -0.746. The van der Waals surface area contributed by atoms with Crippen molar-refractivity contribution in [3.8, 4) is 0 Å². The van der Waals surface area contributed by atoms with E-state index in [1.165, 1.54) is 17.0 Å². The molecule has 9 heteroatoms. The van der Waals surface area contributed by atoms with E-state index in [2.05, 4.69) is 27.9 Å². The number of amides is 2. The first-order chi connectivity index (χ1) is 17.7. The lowest BCUT2D eigenvalue weighted by molar-refractivity contribution is -0.139. The molecule has 1 N–H and O–H groups in total. The number of sulfonamides is 1. The first kappa shape index (κ1) is 28.6. The third kappa shape index (κ3) is 7.78. The highest BCUT2D eigenvalue weighted by molar-refractivity contribution is 14.1. The maximum absolute atomic E-state index is 13.8. The molecule has 37 heavy (non-hydrogen) atoms. The van der Waals surface area contributed by atoms with Crippen molar-refractivity contribution in [3.05, 3.63) is 94.1 Å². The molecule has 0 radical (unpaired) electrons. The number of nitrogens with zero attached hydrogens (tertiary/aromatic N) is 2. The molecule has 0 aliphatic rings. The van der Waals surface area contributed by atoms with Gasteiger partial charge in [0.05, 0.1) is 10.6 Å². The Hall–Kier alpha value is -2.92. The lowest BCUT2D eigenvalue weighted by Crippen LogP contribution is -2.51. The molecular formula is C28H32IN3O4S. The van der Waals surface area contributed by atoms with Crippen molar-refractivity contribution in [1.29, 1.82) is 0 Å². The van der Waals surface area contributed by atoms with Crippen LogP contribution in [0.5, 0.6) is 0 Å². The quantitative estimate of drug-likeness (QED) is 0.229. The third-order valence-electron chi connectivity index (χ3n) is 5.92. The lowest BCUT2D eigenvalue weighted by atomic mass is 10.1. The van der Waals surface area contributed by atoms with Gasteiger partial charge in [-0.05, 0) is 77.9 Å². The highest BCUT2D eigenvalue weighted by atomic mass is 127. The summed E-state index contributed by atoms with van der Waals surface area (Å²) in [7, 11) is -4.05. The number of hydrogen-bond donors (Lipinski definition) is 1. The summed E-state index contributed by atoms with van der Waals surface area (Å²) in [5, 5.41) is 2.89. The Balaban J connectivity index is 1.96. The lowest BCUT2D eigenvalue weighted by Gasteiger charge is -2.32. The highest BCUT2D eigenvalue weighted by Gasteiger charge is 2.32. The smallest absolute Gasteiger partial charge is 0.264 e. The van der Waals surface area contributed by atoms with Crippen LogP contribution < -0.4 is 9.62 Å². The molecular weight excluding hydrogens is 601 g/mol. The van der Waals surface area contributed by atoms with Gasteiger partial charge in [-0.1, -0.05) is 61.9 Å². The van der Waals surface area contributed by atoms with Gasteiger partial charge in [0.2, 0.25) is 11.8 Å². The van der Waals surface area contributed by atoms with E-state index < -0.39 is 28.5 Å². The van der Waals surface area contributed by atoms with Crippen LogP contribution in [-0.2, 0) is 26.2 Å². The first-order valence-electron chi connectivity index (χ1n) is 12.2. The molecule has 7 nitrogen and oxygen atoms in total. The van der Waals surface area contributed by atoms with E-state index in [4.69, 9.17) is 0 Å². The van der Waals surface area contributed by atoms with Crippen molar-refractivity contribution in [3.63, 3.8) is 0 Å². The molecule has 0 aliphatic heterocycles. The predicted molar refractivity (Wildman–Crippen MR) is 155 cm³/mol. The summed E-state index contributed by atoms with van der Waals surface area (Å²) in [6.45, 7) is 3.95. The van der Waals surface area contributed by atoms with Crippen LogP contribution in [-0.4, -0.2) is 44.3 Å². The van der Waals surface area contributed by atoms with E-state index in [9.17, 15) is 18.0 Å². The largest absolute Gasteiger partial charge is 0.354 e. The van der Waals surface area contributed by atoms with Crippen molar-refractivity contribution in [2.75, 3.05) is 17.4 Å². The fourth-order valence-corrected chi connectivity index (χ4v) is 5.55. The Kier molecular flexibility index (Phi) is 10.5. The Morgan fingerprint density at radius 1 is 0.919 bits per heavy atom. The number of anilines is 1. The second-order valence-electron chi connectivity index (χ2n) is 8.63. The fourth-order valence-electron chi connectivity index (χ4n) is 3.75. The van der Waals surface area contributed by atoms with Gasteiger partial charge in [0, 0.05) is 16.7 Å². The van der Waals surface area contributed by atoms with Gasteiger partial charge < -0.3 is 10.2 Å². The molecule has 0 fully saturated rings. The van der Waals surface area contributed by atoms with Crippen LogP contribution in [0.3, 0.4) is 0 Å². The van der Waals surface area contributed by atoms with Crippen LogP contribution in [0.2, 0.25) is 0 Å². The molecule has 0 aliphatic carbocycles. The van der Waals surface area contributed by atoms with Gasteiger partial charge in [0.1, 0.15) is 12.6 Å². The summed E-state index contributed by atoms with van der Waals surface area (Å²) < 4.78 is 29.4. The zero-order chi connectivity index (χ0) is 26.8. The van der Waals surface area contributed by atoms with Crippen molar-refractivity contribution in [1.82, 2.24) is 10.2 Å². The van der Waals surface area contributed by atoms with Gasteiger partial charge in [-0.3, -0.25) is 13.9 Å². The zero-order valence-electron chi connectivity index (χ0n) is 21.0. The molecule has 3 aromatic rings. The summed E-state index contributed by atoms with van der Waals surface area (Å²) >= 11 is 2.14. The van der Waals surface area contributed by atoms with E-state index in [0.29, 0.717) is 12.2 Å². The second kappa shape index (κ2) is 13.6. The molecule has 0 spiro atoms. The maximum Gasteiger partial charge on any atom is 0.264 e. The Bertz CT molecular complexity index is 1270. The van der Waals surface area contributed by atoms with E-state index in [-0.39, 0.29) is 17.3 Å². The molecule has 0 unspecified atom stereocenters. The van der Waals surface area contributed by atoms with Gasteiger partial charge in [-0.15, -0.1) is 0 Å². The van der Waals surface area contributed by atoms with Gasteiger partial charge in [0.25, 0.3) is 10.0 Å². The standard InChI is InChI=1S/C28H32IN3O4S/c1-3-4-19-30-28(34)22(2)31(20-23-11-7-5-8-12-23)27(33)21-32(25-17-15-24(29)16-18-25)37(35,36)26-13-9-6-10-14-26/h5-18,22H,3-4,19-21H2,1-2H3,(H,30,34)/t22-/m1/s1. The SMILES string of the molecule is CCCCNC(=O)[C@@H](C)N(Cc1ccccc1)C(=O)CN(c1ccc(I)cc1)S(=O)(=O)c1ccccc1. The minimum atomic E-state index is -4.05. The maximum atomic E-state index is 13.8. The van der Waals surface area contributed by atoms with Crippen molar-refractivity contribution < 1.29 is 18.0 Å². The van der Waals surface area contributed by atoms with Crippen LogP contribution >= 0.6 is 22.6 Å². The van der Waals surface area contributed by atoms with E-state index in [1.54, 1.807) is 49.4 Å². The van der Waals surface area contributed by atoms with Crippen molar-refractivity contribution in [2.24, 2.45) is 0 Å². The molecule has 0 saturated heterocycles. The van der Waals surface area contributed by atoms with Crippen LogP contribution in [0.4, 0.5) is 5.69 Å². The molecule has 0 heterocycles. The number of unbranched alkanes of at least 4 members (excludes halogenated alkanes) is 1. The van der Waals surface area contributed by atoms with E-state index >= 15 is 0 Å². The topological polar surface area (TPSA) is 86.8 Å². The number of carbonyl (C=O) groups excluding carboxylic acids is 2. The van der Waals surface area contributed by atoms with E-state index in [0.717, 1.165) is 26.3 Å². The van der Waals surface area contributed by atoms with E-state index in [1.807, 2.05) is 37.3 Å². The molecule has 196 valence electrons. The van der Waals surface area contributed by atoms with Gasteiger partial charge in [-0.2, -0.15) is 0 Å². The number of benzene rings is 3.